The van der Waals surface area contributed by atoms with Gasteiger partial charge in [-0.2, -0.15) is 0 Å². The van der Waals surface area contributed by atoms with Gasteiger partial charge in [-0.15, -0.1) is 0 Å². The summed E-state index contributed by atoms with van der Waals surface area (Å²) in [5.74, 6) is -0.282. The van der Waals surface area contributed by atoms with Crippen molar-refractivity contribution in [2.45, 2.75) is 19.8 Å². The van der Waals surface area contributed by atoms with Crippen LogP contribution in [0.1, 0.15) is 19.8 Å². The van der Waals surface area contributed by atoms with Crippen LogP contribution in [0.3, 0.4) is 0 Å². The number of carbonyl (C=O) groups is 1. The Bertz CT molecular complexity index is 195. The van der Waals surface area contributed by atoms with Gasteiger partial charge in [0.15, 0.2) is 0 Å². The van der Waals surface area contributed by atoms with Gasteiger partial charge >= 0.3 is 5.97 Å². The van der Waals surface area contributed by atoms with Crippen LogP contribution >= 0.6 is 0 Å². The number of hydrogen-bond acceptors (Lipinski definition) is 3. The molecule has 12 heavy (non-hydrogen) atoms. The zero-order valence-corrected chi connectivity index (χ0v) is 7.54. The monoisotopic (exact) mass is 169 g/mol. The van der Waals surface area contributed by atoms with Crippen molar-refractivity contribution in [2.75, 3.05) is 7.11 Å². The summed E-state index contributed by atoms with van der Waals surface area (Å²) < 4.78 is 4.58. The Kier molecular flexibility index (Phi) is 5.79. The van der Waals surface area contributed by atoms with Gasteiger partial charge in [-0.1, -0.05) is 19.4 Å². The maximum absolute atomic E-state index is 11.0. The van der Waals surface area contributed by atoms with Crippen LogP contribution in [0.2, 0.25) is 0 Å². The largest absolute Gasteiger partial charge is 0.466 e. The lowest BCUT2D eigenvalue weighted by Gasteiger charge is -2.01. The fraction of sp³-hybridized carbons (Fsp3) is 0.444. The van der Waals surface area contributed by atoms with E-state index in [-0.39, 0.29) is 5.97 Å². The number of ether oxygens (including phenoxy) is 1. The molecular weight excluding hydrogens is 154 g/mol. The molecular formula is C9H15NO2. The lowest BCUT2D eigenvalue weighted by atomic mass is 10.1. The number of hydrogen-bond donors (Lipinski definition) is 1. The Morgan fingerprint density at radius 1 is 1.58 bits per heavy atom. The Labute approximate surface area is 72.9 Å². The summed E-state index contributed by atoms with van der Waals surface area (Å²) >= 11 is 0. The lowest BCUT2D eigenvalue weighted by Crippen LogP contribution is -2.04. The zero-order chi connectivity index (χ0) is 9.40. The highest BCUT2D eigenvalue weighted by Gasteiger charge is 2.05. The molecule has 0 aliphatic heterocycles. The molecule has 0 rings (SSSR count). The average molecular weight is 169 g/mol. The van der Waals surface area contributed by atoms with Crippen LogP contribution in [-0.2, 0) is 9.53 Å². The zero-order valence-electron chi connectivity index (χ0n) is 7.54. The highest BCUT2D eigenvalue weighted by molar-refractivity contribution is 5.88. The van der Waals surface area contributed by atoms with E-state index in [0.29, 0.717) is 5.57 Å². The van der Waals surface area contributed by atoms with E-state index >= 15 is 0 Å². The number of rotatable bonds is 4. The highest BCUT2D eigenvalue weighted by atomic mass is 16.5. The molecule has 0 saturated carbocycles. The van der Waals surface area contributed by atoms with Crippen molar-refractivity contribution in [2.24, 2.45) is 5.73 Å². The van der Waals surface area contributed by atoms with E-state index in [0.717, 1.165) is 12.8 Å². The third-order valence-electron chi connectivity index (χ3n) is 1.38. The Hall–Kier alpha value is -1.25. The molecule has 0 aromatic heterocycles. The fourth-order valence-corrected chi connectivity index (χ4v) is 0.826. The Morgan fingerprint density at radius 3 is 2.67 bits per heavy atom. The average Bonchev–Trinajstić information content (AvgIpc) is 2.11. The van der Waals surface area contributed by atoms with E-state index in [1.165, 1.54) is 13.3 Å². The predicted octanol–water partition coefficient (Wildman–Crippen LogP) is 1.36. The number of nitrogens with two attached hydrogens (primary N) is 1. The summed E-state index contributed by atoms with van der Waals surface area (Å²) in [6.07, 6.45) is 6.33. The third kappa shape index (κ3) is 3.81. The van der Waals surface area contributed by atoms with Crippen molar-refractivity contribution in [3.8, 4) is 0 Å². The number of carbonyl (C=O) groups excluding carboxylic acids is 1. The topological polar surface area (TPSA) is 52.3 Å². The minimum Gasteiger partial charge on any atom is -0.466 e. The van der Waals surface area contributed by atoms with Crippen LogP contribution in [0.4, 0.5) is 0 Å². The summed E-state index contributed by atoms with van der Waals surface area (Å²) in [5.41, 5.74) is 5.79. The molecule has 0 aliphatic carbocycles. The van der Waals surface area contributed by atoms with Gasteiger partial charge in [-0.3, -0.25) is 0 Å². The minimum absolute atomic E-state index is 0.282. The smallest absolute Gasteiger partial charge is 0.333 e. The van der Waals surface area contributed by atoms with E-state index in [1.807, 2.05) is 6.92 Å². The van der Waals surface area contributed by atoms with E-state index in [4.69, 9.17) is 5.73 Å². The molecule has 0 fully saturated rings. The van der Waals surface area contributed by atoms with Crippen molar-refractivity contribution in [3.05, 3.63) is 23.9 Å². The molecule has 0 spiro atoms. The summed E-state index contributed by atoms with van der Waals surface area (Å²) in [6.45, 7) is 2.00. The summed E-state index contributed by atoms with van der Waals surface area (Å²) in [4.78, 5) is 11.0. The maximum Gasteiger partial charge on any atom is 0.333 e. The van der Waals surface area contributed by atoms with Crippen molar-refractivity contribution < 1.29 is 9.53 Å². The van der Waals surface area contributed by atoms with Crippen molar-refractivity contribution >= 4 is 5.97 Å². The molecule has 0 radical (unpaired) electrons. The van der Waals surface area contributed by atoms with Crippen molar-refractivity contribution in [1.29, 1.82) is 0 Å². The molecule has 68 valence electrons. The third-order valence-corrected chi connectivity index (χ3v) is 1.38. The van der Waals surface area contributed by atoms with Crippen LogP contribution in [-0.4, -0.2) is 13.1 Å². The van der Waals surface area contributed by atoms with Gasteiger partial charge in [0.2, 0.25) is 0 Å². The normalized spacial score (nSPS) is 12.0. The molecule has 0 atom stereocenters. The van der Waals surface area contributed by atoms with Crippen LogP contribution in [0.25, 0.3) is 0 Å². The first-order valence-electron chi connectivity index (χ1n) is 3.92. The van der Waals surface area contributed by atoms with Gasteiger partial charge in [-0.05, 0) is 18.7 Å². The number of esters is 1. The Balaban J connectivity index is 4.31. The van der Waals surface area contributed by atoms with Crippen LogP contribution < -0.4 is 5.73 Å². The molecule has 3 nitrogen and oxygen atoms in total. The van der Waals surface area contributed by atoms with Gasteiger partial charge in [0, 0.05) is 5.57 Å². The summed E-state index contributed by atoms with van der Waals surface area (Å²) in [7, 11) is 1.37. The van der Waals surface area contributed by atoms with E-state index in [2.05, 4.69) is 4.74 Å². The van der Waals surface area contributed by atoms with Gasteiger partial charge in [0.25, 0.3) is 0 Å². The number of allylic oxidation sites excluding steroid dienone is 2. The molecule has 0 saturated heterocycles. The molecule has 2 N–H and O–H groups in total. The second-order valence-corrected chi connectivity index (χ2v) is 2.32. The molecule has 0 bridgehead atoms. The summed E-state index contributed by atoms with van der Waals surface area (Å²) in [6, 6.07) is 0. The minimum atomic E-state index is -0.282. The van der Waals surface area contributed by atoms with E-state index in [1.54, 1.807) is 12.2 Å². The molecule has 0 unspecified atom stereocenters. The molecule has 0 aromatic carbocycles. The SMILES string of the molecule is CCC/C(=C\C=C/N)C(=O)OC. The van der Waals surface area contributed by atoms with Gasteiger partial charge < -0.3 is 10.5 Å². The van der Waals surface area contributed by atoms with Crippen molar-refractivity contribution in [1.82, 2.24) is 0 Å². The molecule has 3 heteroatoms. The van der Waals surface area contributed by atoms with E-state index < -0.39 is 0 Å². The fourth-order valence-electron chi connectivity index (χ4n) is 0.826. The molecule has 0 aliphatic rings. The highest BCUT2D eigenvalue weighted by Crippen LogP contribution is 2.06. The number of methoxy groups -OCH3 is 1. The first-order valence-corrected chi connectivity index (χ1v) is 3.92. The molecule has 0 aromatic rings. The van der Waals surface area contributed by atoms with Crippen LogP contribution in [0.15, 0.2) is 23.9 Å². The molecule has 0 heterocycles. The lowest BCUT2D eigenvalue weighted by molar-refractivity contribution is -0.136. The first-order chi connectivity index (χ1) is 5.76. The Morgan fingerprint density at radius 2 is 2.25 bits per heavy atom. The quantitative estimate of drug-likeness (QED) is 0.392. The van der Waals surface area contributed by atoms with Gasteiger partial charge in [-0.25, -0.2) is 4.79 Å². The standard InChI is InChI=1S/C9H15NO2/c1-3-5-8(6-4-7-10)9(11)12-2/h4,6-7H,3,5,10H2,1-2H3/b7-4-,8-6+. The van der Waals surface area contributed by atoms with Crippen LogP contribution in [0.5, 0.6) is 0 Å². The maximum atomic E-state index is 11.0. The van der Waals surface area contributed by atoms with Crippen LogP contribution in [0, 0.1) is 0 Å². The molecule has 0 amide bonds. The van der Waals surface area contributed by atoms with Gasteiger partial charge in [0.1, 0.15) is 0 Å². The van der Waals surface area contributed by atoms with Crippen molar-refractivity contribution in [3.63, 3.8) is 0 Å². The second-order valence-electron chi connectivity index (χ2n) is 2.32. The van der Waals surface area contributed by atoms with E-state index in [9.17, 15) is 4.79 Å². The second kappa shape index (κ2) is 6.46. The first kappa shape index (κ1) is 10.8. The summed E-state index contributed by atoms with van der Waals surface area (Å²) in [5, 5.41) is 0. The predicted molar refractivity (Wildman–Crippen MR) is 48.3 cm³/mol. The van der Waals surface area contributed by atoms with Gasteiger partial charge in [0.05, 0.1) is 7.11 Å².